The molecular weight excluding hydrogens is 298 g/mol. The largest absolute Gasteiger partial charge is 0.326 e. The molecule has 2 aromatic rings. The molecule has 0 aliphatic heterocycles. The molecule has 0 saturated heterocycles. The third kappa shape index (κ3) is 4.66. The number of benzene rings is 1. The quantitative estimate of drug-likeness (QED) is 0.883. The molecular formula is C16H19N3O2S. The zero-order valence-corrected chi connectivity index (χ0v) is 13.7. The SMILES string of the molecule is Cc1cnc(NC(=O)c2ccc(NC(=O)CC(C)C)cc2)s1. The van der Waals surface area contributed by atoms with Crippen LogP contribution in [0.1, 0.15) is 35.5 Å². The third-order valence-corrected chi connectivity index (χ3v) is 3.69. The fourth-order valence-electron chi connectivity index (χ4n) is 1.87. The van der Waals surface area contributed by atoms with Gasteiger partial charge in [-0.3, -0.25) is 14.9 Å². The van der Waals surface area contributed by atoms with E-state index in [9.17, 15) is 9.59 Å². The van der Waals surface area contributed by atoms with Gasteiger partial charge in [-0.1, -0.05) is 13.8 Å². The van der Waals surface area contributed by atoms with Gasteiger partial charge in [0.2, 0.25) is 5.91 Å². The van der Waals surface area contributed by atoms with Crippen molar-refractivity contribution in [2.24, 2.45) is 5.92 Å². The molecule has 116 valence electrons. The van der Waals surface area contributed by atoms with Crippen molar-refractivity contribution in [2.75, 3.05) is 10.6 Å². The molecule has 0 saturated carbocycles. The summed E-state index contributed by atoms with van der Waals surface area (Å²) in [7, 11) is 0. The van der Waals surface area contributed by atoms with Crippen LogP contribution >= 0.6 is 11.3 Å². The molecule has 5 nitrogen and oxygen atoms in total. The number of nitrogens with one attached hydrogen (secondary N) is 2. The summed E-state index contributed by atoms with van der Waals surface area (Å²) in [5, 5.41) is 6.14. The minimum Gasteiger partial charge on any atom is -0.326 e. The number of hydrogen-bond acceptors (Lipinski definition) is 4. The number of carbonyl (C=O) groups is 2. The number of aromatic nitrogens is 1. The fourth-order valence-corrected chi connectivity index (χ4v) is 2.53. The molecule has 0 fully saturated rings. The zero-order chi connectivity index (χ0) is 16.1. The van der Waals surface area contributed by atoms with Crippen LogP contribution in [-0.2, 0) is 4.79 Å². The molecule has 0 atom stereocenters. The van der Waals surface area contributed by atoms with Crippen LogP contribution in [0.2, 0.25) is 0 Å². The van der Waals surface area contributed by atoms with Crippen LogP contribution in [0.15, 0.2) is 30.5 Å². The number of thiazole rings is 1. The van der Waals surface area contributed by atoms with Gasteiger partial charge in [0.1, 0.15) is 0 Å². The molecule has 0 spiro atoms. The van der Waals surface area contributed by atoms with E-state index >= 15 is 0 Å². The van der Waals surface area contributed by atoms with E-state index in [0.29, 0.717) is 28.7 Å². The lowest BCUT2D eigenvalue weighted by molar-refractivity contribution is -0.116. The highest BCUT2D eigenvalue weighted by Crippen LogP contribution is 2.18. The van der Waals surface area contributed by atoms with Crippen LogP contribution < -0.4 is 10.6 Å². The molecule has 0 unspecified atom stereocenters. The van der Waals surface area contributed by atoms with Gasteiger partial charge in [0.25, 0.3) is 5.91 Å². The molecule has 1 aromatic heterocycles. The van der Waals surface area contributed by atoms with Gasteiger partial charge < -0.3 is 5.32 Å². The summed E-state index contributed by atoms with van der Waals surface area (Å²) in [5.41, 5.74) is 1.21. The summed E-state index contributed by atoms with van der Waals surface area (Å²) in [6.07, 6.45) is 2.19. The molecule has 2 amide bonds. The Hall–Kier alpha value is -2.21. The van der Waals surface area contributed by atoms with E-state index in [1.807, 2.05) is 20.8 Å². The normalized spacial score (nSPS) is 10.5. The minimum absolute atomic E-state index is 0.0227. The van der Waals surface area contributed by atoms with Crippen LogP contribution in [-0.4, -0.2) is 16.8 Å². The van der Waals surface area contributed by atoms with Crippen LogP contribution in [0, 0.1) is 12.8 Å². The smallest absolute Gasteiger partial charge is 0.257 e. The van der Waals surface area contributed by atoms with Gasteiger partial charge in [-0.25, -0.2) is 4.98 Å². The van der Waals surface area contributed by atoms with Gasteiger partial charge in [-0.05, 0) is 37.1 Å². The van der Waals surface area contributed by atoms with Gasteiger partial charge in [0.15, 0.2) is 5.13 Å². The van der Waals surface area contributed by atoms with Crippen molar-refractivity contribution in [1.29, 1.82) is 0 Å². The molecule has 1 heterocycles. The van der Waals surface area contributed by atoms with Crippen molar-refractivity contribution < 1.29 is 9.59 Å². The molecule has 6 heteroatoms. The first-order valence-electron chi connectivity index (χ1n) is 7.07. The van der Waals surface area contributed by atoms with E-state index in [4.69, 9.17) is 0 Å². The second-order valence-electron chi connectivity index (χ2n) is 5.45. The molecule has 22 heavy (non-hydrogen) atoms. The van der Waals surface area contributed by atoms with Gasteiger partial charge in [0.05, 0.1) is 0 Å². The zero-order valence-electron chi connectivity index (χ0n) is 12.8. The Balaban J connectivity index is 1.96. The molecule has 0 bridgehead atoms. The average molecular weight is 317 g/mol. The van der Waals surface area contributed by atoms with Crippen LogP contribution in [0.25, 0.3) is 0 Å². The molecule has 2 rings (SSSR count). The van der Waals surface area contributed by atoms with E-state index in [2.05, 4.69) is 15.6 Å². The van der Waals surface area contributed by atoms with E-state index in [1.54, 1.807) is 30.5 Å². The molecule has 0 radical (unpaired) electrons. The second-order valence-corrected chi connectivity index (χ2v) is 6.69. The maximum Gasteiger partial charge on any atom is 0.257 e. The van der Waals surface area contributed by atoms with Crippen molar-refractivity contribution in [1.82, 2.24) is 4.98 Å². The average Bonchev–Trinajstić information content (AvgIpc) is 2.83. The Labute approximate surface area is 133 Å². The van der Waals surface area contributed by atoms with Gasteiger partial charge in [-0.2, -0.15) is 0 Å². The highest BCUT2D eigenvalue weighted by molar-refractivity contribution is 7.15. The summed E-state index contributed by atoms with van der Waals surface area (Å²) in [6.45, 7) is 5.92. The molecule has 0 aliphatic carbocycles. The Morgan fingerprint density at radius 3 is 2.41 bits per heavy atom. The van der Waals surface area contributed by atoms with Gasteiger partial charge in [0, 0.05) is 28.7 Å². The standard InChI is InChI=1S/C16H19N3O2S/c1-10(2)8-14(20)18-13-6-4-12(5-7-13)15(21)19-16-17-9-11(3)22-16/h4-7,9-10H,8H2,1-3H3,(H,18,20)(H,17,19,21). The third-order valence-electron chi connectivity index (χ3n) is 2.87. The van der Waals surface area contributed by atoms with Gasteiger partial charge >= 0.3 is 0 Å². The maximum absolute atomic E-state index is 12.1. The van der Waals surface area contributed by atoms with Crippen LogP contribution in [0.4, 0.5) is 10.8 Å². The first-order valence-corrected chi connectivity index (χ1v) is 7.89. The minimum atomic E-state index is -0.214. The van der Waals surface area contributed by atoms with Crippen molar-refractivity contribution in [3.05, 3.63) is 40.9 Å². The molecule has 2 N–H and O–H groups in total. The predicted octanol–water partition coefficient (Wildman–Crippen LogP) is 3.69. The Bertz CT molecular complexity index is 662. The lowest BCUT2D eigenvalue weighted by Crippen LogP contribution is -2.14. The van der Waals surface area contributed by atoms with Crippen LogP contribution in [0.5, 0.6) is 0 Å². The fraction of sp³-hybridized carbons (Fsp3) is 0.312. The van der Waals surface area contributed by atoms with Crippen molar-refractivity contribution in [3.8, 4) is 0 Å². The number of aryl methyl sites for hydroxylation is 1. The summed E-state index contributed by atoms with van der Waals surface area (Å²) in [6, 6.07) is 6.81. The number of amides is 2. The number of anilines is 2. The lowest BCUT2D eigenvalue weighted by atomic mass is 10.1. The summed E-state index contributed by atoms with van der Waals surface area (Å²) in [4.78, 5) is 28.9. The predicted molar refractivity (Wildman–Crippen MR) is 89.3 cm³/mol. The number of carbonyl (C=O) groups excluding carboxylic acids is 2. The first-order chi connectivity index (χ1) is 10.4. The summed E-state index contributed by atoms with van der Waals surface area (Å²) < 4.78 is 0. The maximum atomic E-state index is 12.1. The number of rotatable bonds is 5. The van der Waals surface area contributed by atoms with Crippen molar-refractivity contribution in [3.63, 3.8) is 0 Å². The Morgan fingerprint density at radius 1 is 1.18 bits per heavy atom. The summed E-state index contributed by atoms with van der Waals surface area (Å²) in [5.74, 6) is 0.0756. The lowest BCUT2D eigenvalue weighted by Gasteiger charge is -2.08. The van der Waals surface area contributed by atoms with Crippen LogP contribution in [0.3, 0.4) is 0 Å². The second kappa shape index (κ2) is 7.17. The number of nitrogens with zero attached hydrogens (tertiary/aromatic N) is 1. The van der Waals surface area contributed by atoms with Crippen molar-refractivity contribution in [2.45, 2.75) is 27.2 Å². The Kier molecular flexibility index (Phi) is 5.27. The van der Waals surface area contributed by atoms with E-state index in [0.717, 1.165) is 4.88 Å². The molecule has 0 aliphatic rings. The number of hydrogen-bond donors (Lipinski definition) is 2. The van der Waals surface area contributed by atoms with E-state index in [1.165, 1.54) is 11.3 Å². The monoisotopic (exact) mass is 317 g/mol. The first kappa shape index (κ1) is 16.2. The van der Waals surface area contributed by atoms with Crippen molar-refractivity contribution >= 4 is 34.0 Å². The Morgan fingerprint density at radius 2 is 1.86 bits per heavy atom. The summed E-state index contributed by atoms with van der Waals surface area (Å²) >= 11 is 1.43. The van der Waals surface area contributed by atoms with E-state index in [-0.39, 0.29) is 11.8 Å². The topological polar surface area (TPSA) is 71.1 Å². The molecule has 1 aromatic carbocycles. The van der Waals surface area contributed by atoms with Gasteiger partial charge in [-0.15, -0.1) is 11.3 Å². The van der Waals surface area contributed by atoms with E-state index < -0.39 is 0 Å². The highest BCUT2D eigenvalue weighted by atomic mass is 32.1. The highest BCUT2D eigenvalue weighted by Gasteiger charge is 2.09.